The molecule has 0 saturated heterocycles. The third-order valence-corrected chi connectivity index (χ3v) is 7.15. The number of aryl methyl sites for hydroxylation is 3. The molecular weight excluding hydrogens is 443 g/mol. The Morgan fingerprint density at radius 3 is 2.09 bits per heavy atom. The van der Waals surface area contributed by atoms with Crippen molar-refractivity contribution in [1.82, 2.24) is 10.1 Å². The molecule has 33 heavy (non-hydrogen) atoms. The number of rotatable bonds is 13. The van der Waals surface area contributed by atoms with Gasteiger partial charge < -0.3 is 18.3 Å². The highest BCUT2D eigenvalue weighted by molar-refractivity contribution is 7.55. The average Bonchev–Trinajstić information content (AvgIpc) is 3.18. The maximum atomic E-state index is 13.4. The van der Waals surface area contributed by atoms with E-state index in [0.29, 0.717) is 12.2 Å². The summed E-state index contributed by atoms with van der Waals surface area (Å²) in [5.74, 6) is 0.0339. The van der Waals surface area contributed by atoms with Crippen LogP contribution in [-0.2, 0) is 48.8 Å². The van der Waals surface area contributed by atoms with Gasteiger partial charge in [0.15, 0.2) is 11.5 Å². The number of hydrogen-bond donors (Lipinski definition) is 0. The summed E-state index contributed by atoms with van der Waals surface area (Å²) in [5.41, 5.74) is 0.552. The Labute approximate surface area is 196 Å². The van der Waals surface area contributed by atoms with Gasteiger partial charge in [0.25, 0.3) is 0 Å². The van der Waals surface area contributed by atoms with Crippen LogP contribution in [0.4, 0.5) is 0 Å². The fourth-order valence-corrected chi connectivity index (χ4v) is 5.17. The van der Waals surface area contributed by atoms with Gasteiger partial charge in [-0.05, 0) is 58.6 Å². The second-order valence-electron chi connectivity index (χ2n) is 8.80. The van der Waals surface area contributed by atoms with Crippen molar-refractivity contribution in [2.24, 2.45) is 0 Å². The van der Waals surface area contributed by atoms with E-state index >= 15 is 0 Å². The lowest BCUT2D eigenvalue weighted by Gasteiger charge is -2.27. The summed E-state index contributed by atoms with van der Waals surface area (Å²) in [6.45, 7) is 11.0. The fraction of sp³-hybridized carbons (Fsp3) is 0.625. The standard InChI is InChI=1S/C24H37N2O6P/c1-7-10-18-11-13-19(14-12-18)15-16-21-25-22(32-26-21)17-20(23(27)31-24(4,5)6)33(28,29-8-2)30-9-3/h11-14,20H,7-10,15-17H2,1-6H3. The molecule has 1 heterocycles. The van der Waals surface area contributed by atoms with Crippen molar-refractivity contribution < 1.29 is 27.7 Å². The van der Waals surface area contributed by atoms with E-state index in [2.05, 4.69) is 41.3 Å². The van der Waals surface area contributed by atoms with Crippen LogP contribution in [0.3, 0.4) is 0 Å². The lowest BCUT2D eigenvalue weighted by Crippen LogP contribution is -2.34. The molecule has 0 aliphatic carbocycles. The zero-order valence-corrected chi connectivity index (χ0v) is 21.5. The number of carbonyl (C=O) groups is 1. The van der Waals surface area contributed by atoms with Crippen molar-refractivity contribution in [3.05, 3.63) is 47.1 Å². The number of carbonyl (C=O) groups excluding carboxylic acids is 1. The molecule has 0 aliphatic rings. The molecule has 0 fully saturated rings. The smallest absolute Gasteiger partial charge is 0.345 e. The second-order valence-corrected chi connectivity index (χ2v) is 11.0. The highest BCUT2D eigenvalue weighted by Gasteiger charge is 2.44. The molecule has 0 aliphatic heterocycles. The lowest BCUT2D eigenvalue weighted by atomic mass is 10.0. The predicted molar refractivity (Wildman–Crippen MR) is 126 cm³/mol. The van der Waals surface area contributed by atoms with E-state index in [1.54, 1.807) is 34.6 Å². The van der Waals surface area contributed by atoms with Crippen LogP contribution in [0.15, 0.2) is 28.8 Å². The Morgan fingerprint density at radius 2 is 1.58 bits per heavy atom. The Hall–Kier alpha value is -2.02. The first-order valence-electron chi connectivity index (χ1n) is 11.6. The molecular formula is C24H37N2O6P. The van der Waals surface area contributed by atoms with Gasteiger partial charge in [-0.2, -0.15) is 4.98 Å². The minimum absolute atomic E-state index is 0.0924. The van der Waals surface area contributed by atoms with Crippen molar-refractivity contribution in [3.63, 3.8) is 0 Å². The maximum Gasteiger partial charge on any atom is 0.345 e. The summed E-state index contributed by atoms with van der Waals surface area (Å²) in [4.78, 5) is 17.3. The van der Waals surface area contributed by atoms with Gasteiger partial charge in [-0.1, -0.05) is 42.8 Å². The van der Waals surface area contributed by atoms with E-state index in [1.807, 2.05) is 0 Å². The van der Waals surface area contributed by atoms with Crippen LogP contribution in [0.2, 0.25) is 0 Å². The van der Waals surface area contributed by atoms with Gasteiger partial charge in [0.1, 0.15) is 5.60 Å². The number of nitrogens with zero attached hydrogens (tertiary/aromatic N) is 2. The van der Waals surface area contributed by atoms with E-state index in [0.717, 1.165) is 19.3 Å². The molecule has 1 aromatic carbocycles. The van der Waals surface area contributed by atoms with E-state index in [-0.39, 0.29) is 25.5 Å². The fourth-order valence-electron chi connectivity index (χ4n) is 3.33. The quantitative estimate of drug-likeness (QED) is 0.280. The third-order valence-electron chi connectivity index (χ3n) is 4.76. The summed E-state index contributed by atoms with van der Waals surface area (Å²) in [7, 11) is -3.80. The van der Waals surface area contributed by atoms with Crippen LogP contribution in [0, 0.1) is 0 Å². The average molecular weight is 481 g/mol. The Balaban J connectivity index is 2.13. The van der Waals surface area contributed by atoms with Crippen molar-refractivity contribution in [2.75, 3.05) is 13.2 Å². The molecule has 2 rings (SSSR count). The summed E-state index contributed by atoms with van der Waals surface area (Å²) in [6.07, 6.45) is 3.44. The van der Waals surface area contributed by atoms with Gasteiger partial charge in [-0.25, -0.2) is 0 Å². The molecule has 0 spiro atoms. The second kappa shape index (κ2) is 12.4. The van der Waals surface area contributed by atoms with Crippen LogP contribution in [-0.4, -0.2) is 40.6 Å². The summed E-state index contributed by atoms with van der Waals surface area (Å²) >= 11 is 0. The normalized spacial score (nSPS) is 13.2. The zero-order valence-electron chi connectivity index (χ0n) is 20.6. The summed E-state index contributed by atoms with van der Waals surface area (Å²) < 4.78 is 35.1. The number of benzene rings is 1. The number of esters is 1. The van der Waals surface area contributed by atoms with Crippen molar-refractivity contribution >= 4 is 13.6 Å². The Bertz CT molecular complexity index is 910. The molecule has 0 bridgehead atoms. The number of aromatic nitrogens is 2. The molecule has 184 valence electrons. The lowest BCUT2D eigenvalue weighted by molar-refractivity contribution is -0.154. The minimum Gasteiger partial charge on any atom is -0.459 e. The molecule has 1 atom stereocenters. The van der Waals surface area contributed by atoms with E-state index < -0.39 is 24.8 Å². The van der Waals surface area contributed by atoms with Crippen LogP contribution in [0.1, 0.15) is 70.8 Å². The first-order chi connectivity index (χ1) is 15.6. The molecule has 9 heteroatoms. The van der Waals surface area contributed by atoms with Crippen LogP contribution >= 0.6 is 7.60 Å². The van der Waals surface area contributed by atoms with E-state index in [4.69, 9.17) is 18.3 Å². The van der Waals surface area contributed by atoms with Gasteiger partial charge in [-0.3, -0.25) is 9.36 Å². The molecule has 0 radical (unpaired) electrons. The molecule has 1 unspecified atom stereocenters. The van der Waals surface area contributed by atoms with Crippen molar-refractivity contribution in [2.45, 2.75) is 84.9 Å². The van der Waals surface area contributed by atoms with Gasteiger partial charge in [-0.15, -0.1) is 0 Å². The van der Waals surface area contributed by atoms with Crippen LogP contribution in [0.25, 0.3) is 0 Å². The molecule has 1 aromatic heterocycles. The SMILES string of the molecule is CCCc1ccc(CCc2noc(CC(C(=O)OC(C)(C)C)P(=O)(OCC)OCC)n2)cc1. The summed E-state index contributed by atoms with van der Waals surface area (Å²) in [6, 6.07) is 8.52. The zero-order chi connectivity index (χ0) is 24.5. The molecule has 8 nitrogen and oxygen atoms in total. The van der Waals surface area contributed by atoms with Gasteiger partial charge in [0.05, 0.1) is 19.6 Å². The van der Waals surface area contributed by atoms with Crippen molar-refractivity contribution in [1.29, 1.82) is 0 Å². The largest absolute Gasteiger partial charge is 0.459 e. The highest BCUT2D eigenvalue weighted by atomic mass is 31.2. The molecule has 0 saturated carbocycles. The van der Waals surface area contributed by atoms with E-state index in [1.165, 1.54) is 11.1 Å². The van der Waals surface area contributed by atoms with E-state index in [9.17, 15) is 9.36 Å². The molecule has 0 amide bonds. The molecule has 0 N–H and O–H groups in total. The Kier molecular flexibility index (Phi) is 10.3. The van der Waals surface area contributed by atoms with Gasteiger partial charge >= 0.3 is 13.6 Å². The molecule has 2 aromatic rings. The third kappa shape index (κ3) is 8.69. The Morgan fingerprint density at radius 1 is 1.00 bits per heavy atom. The number of hydrogen-bond acceptors (Lipinski definition) is 8. The summed E-state index contributed by atoms with van der Waals surface area (Å²) in [5, 5.41) is 4.03. The number of ether oxygens (including phenoxy) is 1. The van der Waals surface area contributed by atoms with Crippen LogP contribution < -0.4 is 0 Å². The van der Waals surface area contributed by atoms with Crippen LogP contribution in [0.5, 0.6) is 0 Å². The maximum absolute atomic E-state index is 13.4. The van der Waals surface area contributed by atoms with Crippen molar-refractivity contribution in [3.8, 4) is 0 Å². The highest BCUT2D eigenvalue weighted by Crippen LogP contribution is 2.54. The monoisotopic (exact) mass is 480 g/mol. The van der Waals surface area contributed by atoms with Gasteiger partial charge in [0, 0.05) is 6.42 Å². The topological polar surface area (TPSA) is 101 Å². The van der Waals surface area contributed by atoms with Gasteiger partial charge in [0.2, 0.25) is 5.89 Å². The first kappa shape index (κ1) is 27.2. The first-order valence-corrected chi connectivity index (χ1v) is 13.2. The minimum atomic E-state index is -3.80. The predicted octanol–water partition coefficient (Wildman–Crippen LogP) is 5.33.